The summed E-state index contributed by atoms with van der Waals surface area (Å²) in [6, 6.07) is 5.96. The average molecular weight is 327 g/mol. The molecule has 1 fully saturated rings. The van der Waals surface area contributed by atoms with Gasteiger partial charge in [0.05, 0.1) is 23.2 Å². The van der Waals surface area contributed by atoms with Crippen LogP contribution in [0.5, 0.6) is 0 Å². The van der Waals surface area contributed by atoms with Crippen molar-refractivity contribution in [3.63, 3.8) is 0 Å². The molecule has 5 heteroatoms. The minimum Gasteiger partial charge on any atom is -0.463 e. The van der Waals surface area contributed by atoms with Crippen LogP contribution in [0.1, 0.15) is 50.4 Å². The Hall–Kier alpha value is -2.14. The van der Waals surface area contributed by atoms with Gasteiger partial charge in [0.25, 0.3) is 0 Å². The van der Waals surface area contributed by atoms with Gasteiger partial charge in [0, 0.05) is 13.1 Å². The summed E-state index contributed by atoms with van der Waals surface area (Å²) >= 11 is 0. The fourth-order valence-electron chi connectivity index (χ4n) is 3.07. The van der Waals surface area contributed by atoms with E-state index in [0.717, 1.165) is 54.5 Å². The summed E-state index contributed by atoms with van der Waals surface area (Å²) in [7, 11) is 2.00. The van der Waals surface area contributed by atoms with Gasteiger partial charge in [-0.1, -0.05) is 19.4 Å². The predicted octanol–water partition coefficient (Wildman–Crippen LogP) is 3.27. The Kier molecular flexibility index (Phi) is 4.71. The second kappa shape index (κ2) is 6.77. The highest BCUT2D eigenvalue weighted by Crippen LogP contribution is 2.39. The molecule has 1 aromatic carbocycles. The minimum absolute atomic E-state index is 0.285. The van der Waals surface area contributed by atoms with Crippen molar-refractivity contribution in [3.8, 4) is 0 Å². The molecule has 1 aliphatic rings. The maximum Gasteiger partial charge on any atom is 0.330 e. The zero-order valence-corrected chi connectivity index (χ0v) is 14.4. The molecule has 1 aromatic heterocycles. The Morgan fingerprint density at radius 1 is 1.46 bits per heavy atom. The van der Waals surface area contributed by atoms with Gasteiger partial charge in [-0.3, -0.25) is 0 Å². The molecule has 2 aromatic rings. The van der Waals surface area contributed by atoms with Crippen LogP contribution in [0.15, 0.2) is 24.3 Å². The number of fused-ring (bicyclic) bond motifs is 1. The quantitative estimate of drug-likeness (QED) is 0.502. The van der Waals surface area contributed by atoms with E-state index in [4.69, 9.17) is 15.5 Å². The highest BCUT2D eigenvalue weighted by atomic mass is 16.5. The molecule has 1 aliphatic carbocycles. The van der Waals surface area contributed by atoms with Crippen LogP contribution in [0, 0.1) is 0 Å². The lowest BCUT2D eigenvalue weighted by Crippen LogP contribution is -2.45. The van der Waals surface area contributed by atoms with Gasteiger partial charge in [0.1, 0.15) is 5.82 Å². The SMILES string of the molecule is CCCCOC(=O)C=Cc1ccc2nc(C3(N)CCC3)n(C)c2c1. The molecular formula is C19H25N3O2. The average Bonchev–Trinajstić information content (AvgIpc) is 2.88. The van der Waals surface area contributed by atoms with Gasteiger partial charge < -0.3 is 15.0 Å². The van der Waals surface area contributed by atoms with Crippen molar-refractivity contribution in [1.29, 1.82) is 0 Å². The summed E-state index contributed by atoms with van der Waals surface area (Å²) in [5.74, 6) is 0.647. The first-order chi connectivity index (χ1) is 11.5. The molecule has 0 spiro atoms. The lowest BCUT2D eigenvalue weighted by molar-refractivity contribution is -0.137. The molecule has 128 valence electrons. The number of hydrogen-bond acceptors (Lipinski definition) is 4. The summed E-state index contributed by atoms with van der Waals surface area (Å²) in [5, 5.41) is 0. The van der Waals surface area contributed by atoms with Gasteiger partial charge in [-0.2, -0.15) is 0 Å². The Labute approximate surface area is 142 Å². The number of imidazole rings is 1. The largest absolute Gasteiger partial charge is 0.463 e. The first-order valence-electron chi connectivity index (χ1n) is 8.64. The number of esters is 1. The van der Waals surface area contributed by atoms with Gasteiger partial charge >= 0.3 is 5.97 Å². The van der Waals surface area contributed by atoms with Crippen molar-refractivity contribution in [1.82, 2.24) is 9.55 Å². The van der Waals surface area contributed by atoms with Crippen LogP contribution in [0.4, 0.5) is 0 Å². The number of aryl methyl sites for hydroxylation is 1. The second-order valence-corrected chi connectivity index (χ2v) is 6.61. The number of rotatable bonds is 6. The molecule has 2 N–H and O–H groups in total. The maximum absolute atomic E-state index is 11.7. The molecule has 0 amide bonds. The number of aromatic nitrogens is 2. The van der Waals surface area contributed by atoms with Gasteiger partial charge in [-0.15, -0.1) is 0 Å². The van der Waals surface area contributed by atoms with Gasteiger partial charge in [-0.05, 0) is 49.5 Å². The number of benzene rings is 1. The van der Waals surface area contributed by atoms with Gasteiger partial charge in [0.15, 0.2) is 0 Å². The van der Waals surface area contributed by atoms with E-state index in [2.05, 4.69) is 11.5 Å². The fraction of sp³-hybridized carbons (Fsp3) is 0.474. The normalized spacial score (nSPS) is 16.5. The van der Waals surface area contributed by atoms with E-state index in [1.54, 1.807) is 6.08 Å². The Morgan fingerprint density at radius 2 is 2.25 bits per heavy atom. The van der Waals surface area contributed by atoms with Crippen LogP contribution in [0.3, 0.4) is 0 Å². The van der Waals surface area contributed by atoms with Crippen molar-refractivity contribution in [3.05, 3.63) is 35.7 Å². The summed E-state index contributed by atoms with van der Waals surface area (Å²) in [4.78, 5) is 16.4. The van der Waals surface area contributed by atoms with Crippen molar-refractivity contribution in [2.45, 2.75) is 44.6 Å². The Bertz CT molecular complexity index is 772. The summed E-state index contributed by atoms with van der Waals surface area (Å²) in [5.41, 5.74) is 9.06. The molecule has 1 heterocycles. The van der Waals surface area contributed by atoms with Crippen molar-refractivity contribution < 1.29 is 9.53 Å². The fourth-order valence-corrected chi connectivity index (χ4v) is 3.07. The van der Waals surface area contributed by atoms with Crippen LogP contribution < -0.4 is 5.73 Å². The molecule has 0 aliphatic heterocycles. The molecule has 0 atom stereocenters. The number of nitrogens with two attached hydrogens (primary N) is 1. The van der Waals surface area contributed by atoms with E-state index in [1.165, 1.54) is 6.08 Å². The lowest BCUT2D eigenvalue weighted by atomic mass is 9.77. The topological polar surface area (TPSA) is 70.1 Å². The van der Waals surface area contributed by atoms with Crippen LogP contribution in [-0.2, 0) is 22.1 Å². The highest BCUT2D eigenvalue weighted by molar-refractivity contribution is 5.88. The Balaban J connectivity index is 1.78. The van der Waals surface area contributed by atoms with Crippen LogP contribution in [0.25, 0.3) is 17.1 Å². The van der Waals surface area contributed by atoms with Crippen LogP contribution in [-0.4, -0.2) is 22.1 Å². The van der Waals surface area contributed by atoms with Crippen LogP contribution >= 0.6 is 0 Å². The Morgan fingerprint density at radius 3 is 2.92 bits per heavy atom. The summed E-state index contributed by atoms with van der Waals surface area (Å²) in [6.45, 7) is 2.54. The zero-order chi connectivity index (χ0) is 17.2. The first kappa shape index (κ1) is 16.7. The first-order valence-corrected chi connectivity index (χ1v) is 8.64. The molecule has 0 bridgehead atoms. The van der Waals surface area contributed by atoms with E-state index in [0.29, 0.717) is 6.61 Å². The number of ether oxygens (including phenoxy) is 1. The molecule has 5 nitrogen and oxygen atoms in total. The summed E-state index contributed by atoms with van der Waals surface area (Å²) < 4.78 is 7.20. The van der Waals surface area contributed by atoms with Crippen molar-refractivity contribution in [2.24, 2.45) is 12.8 Å². The third kappa shape index (κ3) is 3.22. The van der Waals surface area contributed by atoms with E-state index in [9.17, 15) is 4.79 Å². The second-order valence-electron chi connectivity index (χ2n) is 6.61. The highest BCUT2D eigenvalue weighted by Gasteiger charge is 2.38. The third-order valence-corrected chi connectivity index (χ3v) is 4.75. The molecule has 0 radical (unpaired) electrons. The number of unbranched alkanes of at least 4 members (excludes halogenated alkanes) is 1. The monoisotopic (exact) mass is 327 g/mol. The molecular weight excluding hydrogens is 302 g/mol. The number of carbonyl (C=O) groups is 1. The van der Waals surface area contributed by atoms with E-state index < -0.39 is 0 Å². The van der Waals surface area contributed by atoms with E-state index in [-0.39, 0.29) is 11.5 Å². The maximum atomic E-state index is 11.7. The molecule has 0 unspecified atom stereocenters. The van der Waals surface area contributed by atoms with Crippen molar-refractivity contribution in [2.75, 3.05) is 6.61 Å². The van der Waals surface area contributed by atoms with Gasteiger partial charge in [-0.25, -0.2) is 9.78 Å². The molecule has 1 saturated carbocycles. The van der Waals surface area contributed by atoms with E-state index >= 15 is 0 Å². The standard InChI is InChI=1S/C19H25N3O2/c1-3-4-12-24-17(23)9-7-14-6-8-15-16(13-14)22(2)18(21-15)19(20)10-5-11-19/h6-9,13H,3-5,10-12,20H2,1-2H3. The minimum atomic E-state index is -0.301. The molecule has 0 saturated heterocycles. The van der Waals surface area contributed by atoms with Crippen LogP contribution in [0.2, 0.25) is 0 Å². The van der Waals surface area contributed by atoms with Gasteiger partial charge in [0.2, 0.25) is 0 Å². The van der Waals surface area contributed by atoms with Crippen molar-refractivity contribution >= 4 is 23.1 Å². The summed E-state index contributed by atoms with van der Waals surface area (Å²) in [6.07, 6.45) is 8.30. The third-order valence-electron chi connectivity index (χ3n) is 4.75. The lowest BCUT2D eigenvalue weighted by Gasteiger charge is -2.37. The molecule has 24 heavy (non-hydrogen) atoms. The number of nitrogens with zero attached hydrogens (tertiary/aromatic N) is 2. The number of carbonyl (C=O) groups excluding carboxylic acids is 1. The zero-order valence-electron chi connectivity index (χ0n) is 14.4. The smallest absolute Gasteiger partial charge is 0.330 e. The molecule has 3 rings (SSSR count). The predicted molar refractivity (Wildman–Crippen MR) is 95.3 cm³/mol. The number of hydrogen-bond donors (Lipinski definition) is 1. The van der Waals surface area contributed by atoms with E-state index in [1.807, 2.05) is 25.2 Å².